The van der Waals surface area contributed by atoms with Gasteiger partial charge in [0.05, 0.1) is 18.1 Å². The van der Waals surface area contributed by atoms with Gasteiger partial charge in [-0.3, -0.25) is 4.68 Å². The van der Waals surface area contributed by atoms with Gasteiger partial charge in [0.25, 0.3) is 0 Å². The normalized spacial score (nSPS) is 12.5. The highest BCUT2D eigenvalue weighted by Crippen LogP contribution is 2.21. The van der Waals surface area contributed by atoms with Gasteiger partial charge >= 0.3 is 0 Å². The fourth-order valence-electron chi connectivity index (χ4n) is 2.09. The Hall–Kier alpha value is -2.40. The van der Waals surface area contributed by atoms with E-state index in [1.165, 1.54) is 0 Å². The van der Waals surface area contributed by atoms with E-state index in [1.807, 2.05) is 49.6 Å². The van der Waals surface area contributed by atoms with E-state index in [-0.39, 0.29) is 0 Å². The molecule has 2 aromatic heterocycles. The topological polar surface area (TPSA) is 55.9 Å². The molecule has 0 fully saturated rings. The minimum atomic E-state index is -0.701. The molecule has 0 radical (unpaired) electrons. The number of aryl methyl sites for hydroxylation is 1. The van der Waals surface area contributed by atoms with Crippen LogP contribution in [-0.4, -0.2) is 24.7 Å². The van der Waals surface area contributed by atoms with Crippen molar-refractivity contribution in [1.29, 1.82) is 0 Å². The lowest BCUT2D eigenvalue weighted by molar-refractivity contribution is 0.220. The van der Waals surface area contributed by atoms with E-state index >= 15 is 0 Å². The fraction of sp³-hybridized carbons (Fsp3) is 0.200. The maximum absolute atomic E-state index is 10.4. The number of aliphatic hydroxyl groups excluding tert-OH is 1. The van der Waals surface area contributed by atoms with Gasteiger partial charge in [-0.2, -0.15) is 10.2 Å². The number of rotatable bonds is 4. The molecule has 102 valence electrons. The Bertz CT molecular complexity index is 687. The summed E-state index contributed by atoms with van der Waals surface area (Å²) in [7, 11) is 0. The molecular formula is C15H16N4O. The standard InChI is InChI=1S/C15H16N4O/c1-2-18-10-12(8-16-18)15(20)13-9-17-19(11-13)14-6-4-3-5-7-14/h3-11,15,20H,2H2,1H3. The van der Waals surface area contributed by atoms with Crippen LogP contribution in [-0.2, 0) is 6.54 Å². The Labute approximate surface area is 117 Å². The third-order valence-electron chi connectivity index (χ3n) is 3.23. The maximum Gasteiger partial charge on any atom is 0.110 e. The second kappa shape index (κ2) is 5.30. The molecule has 1 atom stereocenters. The molecular weight excluding hydrogens is 252 g/mol. The first-order valence-electron chi connectivity index (χ1n) is 6.58. The second-order valence-corrected chi connectivity index (χ2v) is 4.59. The third-order valence-corrected chi connectivity index (χ3v) is 3.23. The zero-order valence-corrected chi connectivity index (χ0v) is 11.2. The minimum Gasteiger partial charge on any atom is -0.383 e. The summed E-state index contributed by atoms with van der Waals surface area (Å²) in [5.74, 6) is 0. The quantitative estimate of drug-likeness (QED) is 0.789. The molecule has 0 aliphatic rings. The van der Waals surface area contributed by atoms with Crippen LogP contribution in [0.25, 0.3) is 5.69 Å². The van der Waals surface area contributed by atoms with Gasteiger partial charge in [-0.25, -0.2) is 4.68 Å². The number of para-hydroxylation sites is 1. The highest BCUT2D eigenvalue weighted by atomic mass is 16.3. The van der Waals surface area contributed by atoms with Gasteiger partial charge < -0.3 is 5.11 Å². The first kappa shape index (κ1) is 12.6. The Kier molecular flexibility index (Phi) is 3.35. The Morgan fingerprint density at radius 3 is 2.45 bits per heavy atom. The first-order chi connectivity index (χ1) is 9.78. The van der Waals surface area contributed by atoms with E-state index in [0.717, 1.165) is 23.4 Å². The highest BCUT2D eigenvalue weighted by Gasteiger charge is 2.14. The third kappa shape index (κ3) is 2.35. The van der Waals surface area contributed by atoms with Gasteiger partial charge in [0.1, 0.15) is 6.10 Å². The van der Waals surface area contributed by atoms with Crippen LogP contribution in [0.1, 0.15) is 24.2 Å². The number of hydrogen-bond donors (Lipinski definition) is 1. The van der Waals surface area contributed by atoms with Crippen molar-refractivity contribution in [3.05, 3.63) is 66.2 Å². The zero-order chi connectivity index (χ0) is 13.9. The van der Waals surface area contributed by atoms with Gasteiger partial charge in [0.2, 0.25) is 0 Å². The molecule has 0 spiro atoms. The highest BCUT2D eigenvalue weighted by molar-refractivity contribution is 5.32. The van der Waals surface area contributed by atoms with E-state index < -0.39 is 6.10 Å². The van der Waals surface area contributed by atoms with Crippen molar-refractivity contribution in [3.63, 3.8) is 0 Å². The van der Waals surface area contributed by atoms with Gasteiger partial charge in [-0.15, -0.1) is 0 Å². The molecule has 1 aromatic carbocycles. The Morgan fingerprint density at radius 1 is 1.05 bits per heavy atom. The molecule has 0 amide bonds. The lowest BCUT2D eigenvalue weighted by Crippen LogP contribution is -1.98. The monoisotopic (exact) mass is 268 g/mol. The Morgan fingerprint density at radius 2 is 1.75 bits per heavy atom. The van der Waals surface area contributed by atoms with E-state index in [4.69, 9.17) is 0 Å². The predicted molar refractivity (Wildman–Crippen MR) is 75.5 cm³/mol. The molecule has 1 unspecified atom stereocenters. The molecule has 0 bridgehead atoms. The molecule has 0 aliphatic carbocycles. The molecule has 20 heavy (non-hydrogen) atoms. The van der Waals surface area contributed by atoms with Crippen molar-refractivity contribution >= 4 is 0 Å². The van der Waals surface area contributed by atoms with Crippen molar-refractivity contribution in [2.24, 2.45) is 0 Å². The summed E-state index contributed by atoms with van der Waals surface area (Å²) in [6.07, 6.45) is 6.36. The van der Waals surface area contributed by atoms with E-state index in [9.17, 15) is 5.11 Å². The zero-order valence-electron chi connectivity index (χ0n) is 11.2. The van der Waals surface area contributed by atoms with E-state index in [0.29, 0.717) is 0 Å². The van der Waals surface area contributed by atoms with Crippen LogP contribution in [0, 0.1) is 0 Å². The van der Waals surface area contributed by atoms with Crippen LogP contribution in [0.5, 0.6) is 0 Å². The fourth-order valence-corrected chi connectivity index (χ4v) is 2.09. The summed E-state index contributed by atoms with van der Waals surface area (Å²) in [6.45, 7) is 2.80. The summed E-state index contributed by atoms with van der Waals surface area (Å²) in [5, 5.41) is 18.8. The molecule has 2 heterocycles. The molecule has 3 rings (SSSR count). The van der Waals surface area contributed by atoms with Gasteiger partial charge in [0.15, 0.2) is 0 Å². The summed E-state index contributed by atoms with van der Waals surface area (Å²) in [4.78, 5) is 0. The lowest BCUT2D eigenvalue weighted by Gasteiger charge is -2.04. The molecule has 0 saturated carbocycles. The van der Waals surface area contributed by atoms with E-state index in [2.05, 4.69) is 10.2 Å². The summed E-state index contributed by atoms with van der Waals surface area (Å²) >= 11 is 0. The molecule has 5 heteroatoms. The SMILES string of the molecule is CCn1cc(C(O)c2cnn(-c3ccccc3)c2)cn1. The predicted octanol–water partition coefficient (Wildman–Crippen LogP) is 2.17. The first-order valence-corrected chi connectivity index (χ1v) is 6.58. The average molecular weight is 268 g/mol. The molecule has 3 aromatic rings. The van der Waals surface area contributed by atoms with E-state index in [1.54, 1.807) is 21.8 Å². The minimum absolute atomic E-state index is 0.701. The number of hydrogen-bond acceptors (Lipinski definition) is 3. The lowest BCUT2D eigenvalue weighted by atomic mass is 10.1. The van der Waals surface area contributed by atoms with Crippen molar-refractivity contribution in [3.8, 4) is 5.69 Å². The average Bonchev–Trinajstić information content (AvgIpc) is 3.17. The summed E-state index contributed by atoms with van der Waals surface area (Å²) in [6, 6.07) is 9.81. The van der Waals surface area contributed by atoms with Gasteiger partial charge in [0, 0.05) is 30.1 Å². The number of benzene rings is 1. The Balaban J connectivity index is 1.86. The van der Waals surface area contributed by atoms with Crippen molar-refractivity contribution in [1.82, 2.24) is 19.6 Å². The molecule has 5 nitrogen and oxygen atoms in total. The number of nitrogens with zero attached hydrogens (tertiary/aromatic N) is 4. The van der Waals surface area contributed by atoms with Crippen LogP contribution >= 0.6 is 0 Å². The smallest absolute Gasteiger partial charge is 0.110 e. The molecule has 0 saturated heterocycles. The van der Waals surface area contributed by atoms with Crippen LogP contribution in [0.2, 0.25) is 0 Å². The molecule has 0 aliphatic heterocycles. The summed E-state index contributed by atoms with van der Waals surface area (Å²) < 4.78 is 3.54. The summed E-state index contributed by atoms with van der Waals surface area (Å²) in [5.41, 5.74) is 2.50. The van der Waals surface area contributed by atoms with Gasteiger partial charge in [-0.05, 0) is 19.1 Å². The van der Waals surface area contributed by atoms with Crippen molar-refractivity contribution in [2.75, 3.05) is 0 Å². The van der Waals surface area contributed by atoms with Crippen LogP contribution < -0.4 is 0 Å². The largest absolute Gasteiger partial charge is 0.383 e. The maximum atomic E-state index is 10.4. The van der Waals surface area contributed by atoms with Crippen molar-refractivity contribution < 1.29 is 5.11 Å². The van der Waals surface area contributed by atoms with Crippen molar-refractivity contribution in [2.45, 2.75) is 19.6 Å². The van der Waals surface area contributed by atoms with Crippen LogP contribution in [0.15, 0.2) is 55.1 Å². The van der Waals surface area contributed by atoms with Crippen LogP contribution in [0.4, 0.5) is 0 Å². The molecule has 1 N–H and O–H groups in total. The van der Waals surface area contributed by atoms with Crippen LogP contribution in [0.3, 0.4) is 0 Å². The number of aromatic nitrogens is 4. The van der Waals surface area contributed by atoms with Gasteiger partial charge in [-0.1, -0.05) is 18.2 Å². The second-order valence-electron chi connectivity index (χ2n) is 4.59. The number of aliphatic hydroxyl groups is 1.